The molecule has 18 heavy (non-hydrogen) atoms. The summed E-state index contributed by atoms with van der Waals surface area (Å²) in [5, 5.41) is 3.59. The number of aldehydes is 1. The van der Waals surface area contributed by atoms with E-state index in [1.54, 1.807) is 0 Å². The fraction of sp³-hybridized carbons (Fsp3) is 0.308. The highest BCUT2D eigenvalue weighted by atomic mass is 79.9. The quantitative estimate of drug-likeness (QED) is 0.866. The summed E-state index contributed by atoms with van der Waals surface area (Å²) in [7, 11) is 7.66. The SMILES string of the molecule is CN(C)c1cc2occ(C=O)c2cc1Br.CNC. The zero-order valence-electron chi connectivity index (χ0n) is 11.0. The van der Waals surface area contributed by atoms with Gasteiger partial charge in [-0.15, -0.1) is 0 Å². The van der Waals surface area contributed by atoms with Gasteiger partial charge in [-0.3, -0.25) is 4.79 Å². The minimum absolute atomic E-state index is 0.580. The first kappa shape index (κ1) is 14.7. The normalized spacial score (nSPS) is 9.83. The Kier molecular flexibility index (Phi) is 5.37. The second-order valence-corrected chi connectivity index (χ2v) is 4.86. The number of hydrogen-bond acceptors (Lipinski definition) is 4. The van der Waals surface area contributed by atoms with E-state index in [0.717, 1.165) is 27.4 Å². The van der Waals surface area contributed by atoms with Crippen molar-refractivity contribution in [3.8, 4) is 0 Å². The molecule has 2 aromatic rings. The number of halogens is 1. The number of nitrogens with one attached hydrogen (secondary N) is 1. The Morgan fingerprint density at radius 3 is 2.44 bits per heavy atom. The molecular weight excluding hydrogens is 296 g/mol. The van der Waals surface area contributed by atoms with Crippen LogP contribution in [0.3, 0.4) is 0 Å². The molecule has 1 heterocycles. The van der Waals surface area contributed by atoms with Crippen molar-refractivity contribution in [2.45, 2.75) is 0 Å². The molecule has 0 aliphatic heterocycles. The zero-order chi connectivity index (χ0) is 13.7. The van der Waals surface area contributed by atoms with Gasteiger partial charge in [0.25, 0.3) is 0 Å². The third-order valence-corrected chi connectivity index (χ3v) is 2.92. The van der Waals surface area contributed by atoms with E-state index in [0.29, 0.717) is 5.56 Å². The fourth-order valence-corrected chi connectivity index (χ4v) is 2.19. The topological polar surface area (TPSA) is 45.5 Å². The van der Waals surface area contributed by atoms with Gasteiger partial charge in [-0.05, 0) is 36.1 Å². The van der Waals surface area contributed by atoms with Crippen LogP contribution in [0.2, 0.25) is 0 Å². The number of nitrogens with zero attached hydrogens (tertiary/aromatic N) is 1. The Hall–Kier alpha value is -1.33. The van der Waals surface area contributed by atoms with E-state index in [2.05, 4.69) is 21.2 Å². The average Bonchev–Trinajstić information content (AvgIpc) is 2.70. The standard InChI is InChI=1S/C11H10BrNO2.C2H7N/c1-13(2)10-4-11-8(3-9(10)12)7(5-14)6-15-11;1-3-2/h3-6H,1-2H3;3H,1-2H3. The van der Waals surface area contributed by atoms with Gasteiger partial charge in [0.05, 0.1) is 11.3 Å². The molecule has 4 nitrogen and oxygen atoms in total. The average molecular weight is 313 g/mol. The highest BCUT2D eigenvalue weighted by Crippen LogP contribution is 2.32. The van der Waals surface area contributed by atoms with Crippen LogP contribution in [0.15, 0.2) is 27.3 Å². The molecule has 0 bridgehead atoms. The largest absolute Gasteiger partial charge is 0.463 e. The first-order valence-electron chi connectivity index (χ1n) is 5.46. The molecule has 5 heteroatoms. The Morgan fingerprint density at radius 2 is 1.94 bits per heavy atom. The maximum atomic E-state index is 10.7. The van der Waals surface area contributed by atoms with Gasteiger partial charge < -0.3 is 14.6 Å². The van der Waals surface area contributed by atoms with E-state index in [9.17, 15) is 4.79 Å². The molecule has 1 aromatic carbocycles. The van der Waals surface area contributed by atoms with Crippen LogP contribution >= 0.6 is 15.9 Å². The number of carbonyl (C=O) groups excluding carboxylic acids is 1. The minimum Gasteiger partial charge on any atom is -0.463 e. The molecule has 2 rings (SSSR count). The van der Waals surface area contributed by atoms with Crippen LogP contribution in [-0.4, -0.2) is 34.5 Å². The monoisotopic (exact) mass is 312 g/mol. The van der Waals surface area contributed by atoms with Gasteiger partial charge in [0.15, 0.2) is 6.29 Å². The molecular formula is C13H17BrN2O2. The van der Waals surface area contributed by atoms with Crippen molar-refractivity contribution in [3.05, 3.63) is 28.4 Å². The van der Waals surface area contributed by atoms with E-state index in [1.165, 1.54) is 6.26 Å². The van der Waals surface area contributed by atoms with Crippen molar-refractivity contribution in [1.82, 2.24) is 5.32 Å². The summed E-state index contributed by atoms with van der Waals surface area (Å²) in [5.41, 5.74) is 2.33. The lowest BCUT2D eigenvalue weighted by Gasteiger charge is -2.14. The molecule has 98 valence electrons. The molecule has 1 aromatic heterocycles. The third-order valence-electron chi connectivity index (χ3n) is 2.28. The first-order valence-corrected chi connectivity index (χ1v) is 6.26. The first-order chi connectivity index (χ1) is 8.54. The van der Waals surface area contributed by atoms with Crippen LogP contribution < -0.4 is 10.2 Å². The van der Waals surface area contributed by atoms with Crippen molar-refractivity contribution < 1.29 is 9.21 Å². The van der Waals surface area contributed by atoms with Gasteiger partial charge in [0.2, 0.25) is 0 Å². The number of benzene rings is 1. The van der Waals surface area contributed by atoms with Crippen molar-refractivity contribution in [2.75, 3.05) is 33.1 Å². The number of rotatable bonds is 2. The predicted octanol–water partition coefficient (Wildman–Crippen LogP) is 2.91. The lowest BCUT2D eigenvalue weighted by atomic mass is 10.2. The minimum atomic E-state index is 0.580. The van der Waals surface area contributed by atoms with Crippen LogP contribution in [-0.2, 0) is 0 Å². The highest BCUT2D eigenvalue weighted by Gasteiger charge is 2.10. The zero-order valence-corrected chi connectivity index (χ0v) is 12.5. The third kappa shape index (κ3) is 3.11. The van der Waals surface area contributed by atoms with Crippen LogP contribution in [0, 0.1) is 0 Å². The van der Waals surface area contributed by atoms with E-state index < -0.39 is 0 Å². The molecule has 0 unspecified atom stereocenters. The summed E-state index contributed by atoms with van der Waals surface area (Å²) in [6.45, 7) is 0. The molecule has 0 spiro atoms. The van der Waals surface area contributed by atoms with E-state index in [4.69, 9.17) is 4.42 Å². The summed E-state index contributed by atoms with van der Waals surface area (Å²) in [4.78, 5) is 12.7. The molecule has 0 fully saturated rings. The second-order valence-electron chi connectivity index (χ2n) is 4.00. The van der Waals surface area contributed by atoms with Crippen LogP contribution in [0.25, 0.3) is 11.0 Å². The van der Waals surface area contributed by atoms with Gasteiger partial charge in [-0.2, -0.15) is 0 Å². The molecule has 0 aliphatic carbocycles. The Balaban J connectivity index is 0.000000492. The summed E-state index contributed by atoms with van der Waals surface area (Å²) >= 11 is 3.47. The van der Waals surface area contributed by atoms with Gasteiger partial charge in [-0.1, -0.05) is 0 Å². The fourth-order valence-electron chi connectivity index (χ4n) is 1.49. The maximum Gasteiger partial charge on any atom is 0.153 e. The van der Waals surface area contributed by atoms with Crippen molar-refractivity contribution in [3.63, 3.8) is 0 Å². The summed E-state index contributed by atoms with van der Waals surface area (Å²) in [6, 6.07) is 3.81. The molecule has 0 amide bonds. The number of fused-ring (bicyclic) bond motifs is 1. The number of anilines is 1. The molecule has 0 radical (unpaired) electrons. The smallest absolute Gasteiger partial charge is 0.153 e. The summed E-state index contributed by atoms with van der Waals surface area (Å²) < 4.78 is 6.26. The Labute approximate surface area is 115 Å². The summed E-state index contributed by atoms with van der Waals surface area (Å²) in [6.07, 6.45) is 2.27. The lowest BCUT2D eigenvalue weighted by Crippen LogP contribution is -2.08. The van der Waals surface area contributed by atoms with Crippen molar-refractivity contribution in [2.24, 2.45) is 0 Å². The van der Waals surface area contributed by atoms with E-state index in [-0.39, 0.29) is 0 Å². The van der Waals surface area contributed by atoms with E-state index >= 15 is 0 Å². The van der Waals surface area contributed by atoms with Crippen LogP contribution in [0.1, 0.15) is 10.4 Å². The number of furan rings is 1. The molecule has 0 saturated carbocycles. The van der Waals surface area contributed by atoms with Gasteiger partial charge in [-0.25, -0.2) is 0 Å². The Morgan fingerprint density at radius 1 is 1.33 bits per heavy atom. The van der Waals surface area contributed by atoms with Crippen LogP contribution in [0.4, 0.5) is 5.69 Å². The van der Waals surface area contributed by atoms with Gasteiger partial charge in [0, 0.05) is 30.0 Å². The molecule has 0 atom stereocenters. The summed E-state index contributed by atoms with van der Waals surface area (Å²) in [5.74, 6) is 0. The molecule has 0 aliphatic rings. The van der Waals surface area contributed by atoms with Gasteiger partial charge >= 0.3 is 0 Å². The number of hydrogen-bond donors (Lipinski definition) is 1. The molecule has 0 saturated heterocycles. The highest BCUT2D eigenvalue weighted by molar-refractivity contribution is 9.10. The second kappa shape index (κ2) is 6.56. The molecule has 1 N–H and O–H groups in total. The number of carbonyl (C=O) groups is 1. The van der Waals surface area contributed by atoms with Crippen LogP contribution in [0.5, 0.6) is 0 Å². The van der Waals surface area contributed by atoms with Crippen molar-refractivity contribution in [1.29, 1.82) is 0 Å². The predicted molar refractivity (Wildman–Crippen MR) is 78.6 cm³/mol. The maximum absolute atomic E-state index is 10.7. The van der Waals surface area contributed by atoms with Crippen molar-refractivity contribution >= 4 is 38.9 Å². The Bertz CT molecular complexity index is 535. The van der Waals surface area contributed by atoms with Gasteiger partial charge in [0.1, 0.15) is 11.8 Å². The lowest BCUT2D eigenvalue weighted by molar-refractivity contribution is 0.112. The van der Waals surface area contributed by atoms with E-state index in [1.807, 2.05) is 45.2 Å².